The highest BCUT2D eigenvalue weighted by atomic mass is 16.6. The Kier molecular flexibility index (Phi) is 3.64. The Labute approximate surface area is 100 Å². The van der Waals surface area contributed by atoms with Crippen LogP contribution in [0.1, 0.15) is 18.4 Å². The van der Waals surface area contributed by atoms with Gasteiger partial charge in [-0.3, -0.25) is 0 Å². The Morgan fingerprint density at radius 3 is 2.88 bits per heavy atom. The molecule has 17 heavy (non-hydrogen) atoms. The highest BCUT2D eigenvalue weighted by molar-refractivity contribution is 5.72. The van der Waals surface area contributed by atoms with Crippen LogP contribution in [0, 0.1) is 6.92 Å². The number of aryl methyl sites for hydroxylation is 1. The van der Waals surface area contributed by atoms with E-state index in [1.807, 2.05) is 31.2 Å². The fraction of sp³-hybridized carbons (Fsp3) is 0.462. The van der Waals surface area contributed by atoms with Crippen molar-refractivity contribution in [2.24, 2.45) is 0 Å². The minimum Gasteiger partial charge on any atom is -0.491 e. The highest BCUT2D eigenvalue weighted by Crippen LogP contribution is 2.22. The molecule has 0 amide bonds. The molecule has 1 aliphatic heterocycles. The summed E-state index contributed by atoms with van der Waals surface area (Å²) in [6.45, 7) is 2.39. The first kappa shape index (κ1) is 11.9. The molecule has 1 saturated heterocycles. The molecule has 1 fully saturated rings. The van der Waals surface area contributed by atoms with Crippen LogP contribution >= 0.6 is 0 Å². The number of hydrogen-bond donors (Lipinski definition) is 1. The zero-order valence-electron chi connectivity index (χ0n) is 9.76. The maximum atomic E-state index is 10.7. The third-order valence-electron chi connectivity index (χ3n) is 2.90. The summed E-state index contributed by atoms with van der Waals surface area (Å²) in [6.07, 6.45) is 0.524. The summed E-state index contributed by atoms with van der Waals surface area (Å²) < 4.78 is 11.0. The number of rotatable bonds is 4. The fourth-order valence-corrected chi connectivity index (χ4v) is 1.91. The van der Waals surface area contributed by atoms with E-state index in [4.69, 9.17) is 14.6 Å². The Hall–Kier alpha value is -1.55. The first-order valence-electron chi connectivity index (χ1n) is 5.73. The summed E-state index contributed by atoms with van der Waals surface area (Å²) in [4.78, 5) is 10.7. The van der Waals surface area contributed by atoms with Gasteiger partial charge < -0.3 is 14.6 Å². The van der Waals surface area contributed by atoms with E-state index < -0.39 is 12.1 Å². The van der Waals surface area contributed by atoms with Gasteiger partial charge in [-0.2, -0.15) is 0 Å². The zero-order chi connectivity index (χ0) is 12.3. The van der Waals surface area contributed by atoms with E-state index in [1.54, 1.807) is 0 Å². The lowest BCUT2D eigenvalue weighted by atomic mass is 10.2. The van der Waals surface area contributed by atoms with Crippen LogP contribution in [0.5, 0.6) is 5.75 Å². The van der Waals surface area contributed by atoms with E-state index >= 15 is 0 Å². The first-order chi connectivity index (χ1) is 8.16. The summed E-state index contributed by atoms with van der Waals surface area (Å²) in [5, 5.41) is 8.79. The lowest BCUT2D eigenvalue weighted by molar-refractivity contribution is -0.149. The molecule has 1 N–H and O–H groups in total. The summed E-state index contributed by atoms with van der Waals surface area (Å²) in [7, 11) is 0. The zero-order valence-corrected chi connectivity index (χ0v) is 9.76. The molecule has 4 nitrogen and oxygen atoms in total. The van der Waals surface area contributed by atoms with Crippen molar-refractivity contribution in [3.63, 3.8) is 0 Å². The molecule has 0 aromatic heterocycles. The second-order valence-electron chi connectivity index (χ2n) is 4.24. The minimum atomic E-state index is -0.886. The number of benzene rings is 1. The predicted octanol–water partition coefficient (Wildman–Crippen LogP) is 2.01. The van der Waals surface area contributed by atoms with Crippen molar-refractivity contribution in [3.05, 3.63) is 29.8 Å². The summed E-state index contributed by atoms with van der Waals surface area (Å²) in [6, 6.07) is 7.75. The van der Waals surface area contributed by atoms with Crippen molar-refractivity contribution < 1.29 is 19.4 Å². The number of carbonyl (C=O) groups is 1. The fourth-order valence-electron chi connectivity index (χ4n) is 1.91. The Bertz CT molecular complexity index is 402. The third-order valence-corrected chi connectivity index (χ3v) is 2.90. The average Bonchev–Trinajstić information content (AvgIpc) is 2.77. The van der Waals surface area contributed by atoms with Crippen LogP contribution in [0.4, 0.5) is 0 Å². The van der Waals surface area contributed by atoms with Gasteiger partial charge in [-0.05, 0) is 31.4 Å². The molecule has 0 radical (unpaired) electrons. The molecular formula is C13H16O4. The standard InChI is InChI=1S/C13H16O4/c1-9-4-2-3-5-11(9)16-8-10-6-7-12(17-10)13(14)15/h2-5,10,12H,6-8H2,1H3,(H,14,15). The van der Waals surface area contributed by atoms with Crippen molar-refractivity contribution in [2.75, 3.05) is 6.61 Å². The molecule has 1 aliphatic rings. The van der Waals surface area contributed by atoms with E-state index in [9.17, 15) is 4.79 Å². The number of hydrogen-bond acceptors (Lipinski definition) is 3. The van der Waals surface area contributed by atoms with Gasteiger partial charge in [0.2, 0.25) is 0 Å². The molecule has 2 unspecified atom stereocenters. The summed E-state index contributed by atoms with van der Waals surface area (Å²) in [5.74, 6) is -0.0572. The first-order valence-corrected chi connectivity index (χ1v) is 5.73. The number of ether oxygens (including phenoxy) is 2. The van der Waals surface area contributed by atoms with Crippen LogP contribution in [0.3, 0.4) is 0 Å². The molecule has 0 bridgehead atoms. The molecular weight excluding hydrogens is 220 g/mol. The second kappa shape index (κ2) is 5.19. The van der Waals surface area contributed by atoms with E-state index in [0.717, 1.165) is 17.7 Å². The number of carboxylic acid groups (broad SMARTS) is 1. The van der Waals surface area contributed by atoms with Crippen molar-refractivity contribution in [1.29, 1.82) is 0 Å². The third kappa shape index (κ3) is 2.97. The molecule has 92 valence electrons. The predicted molar refractivity (Wildman–Crippen MR) is 62.2 cm³/mol. The molecule has 0 saturated carbocycles. The average molecular weight is 236 g/mol. The minimum absolute atomic E-state index is 0.115. The van der Waals surface area contributed by atoms with Gasteiger partial charge in [0.1, 0.15) is 12.4 Å². The summed E-state index contributed by atoms with van der Waals surface area (Å²) in [5.41, 5.74) is 1.07. The van der Waals surface area contributed by atoms with Crippen LogP contribution < -0.4 is 4.74 Å². The van der Waals surface area contributed by atoms with Gasteiger partial charge in [0, 0.05) is 0 Å². The van der Waals surface area contributed by atoms with Crippen LogP contribution in [0.2, 0.25) is 0 Å². The molecule has 2 atom stereocenters. The highest BCUT2D eigenvalue weighted by Gasteiger charge is 2.30. The van der Waals surface area contributed by atoms with Crippen molar-refractivity contribution >= 4 is 5.97 Å². The Balaban J connectivity index is 1.84. The SMILES string of the molecule is Cc1ccccc1OCC1CCC(C(=O)O)O1. The lowest BCUT2D eigenvalue weighted by Gasteiger charge is -2.14. The van der Waals surface area contributed by atoms with E-state index in [0.29, 0.717) is 13.0 Å². The van der Waals surface area contributed by atoms with Crippen LogP contribution in [-0.4, -0.2) is 29.9 Å². The van der Waals surface area contributed by atoms with Gasteiger partial charge in [0.25, 0.3) is 0 Å². The Morgan fingerprint density at radius 2 is 2.24 bits per heavy atom. The van der Waals surface area contributed by atoms with Gasteiger partial charge in [-0.1, -0.05) is 18.2 Å². The molecule has 0 spiro atoms. The van der Waals surface area contributed by atoms with Crippen LogP contribution in [0.15, 0.2) is 24.3 Å². The number of carboxylic acids is 1. The molecule has 1 aromatic carbocycles. The van der Waals surface area contributed by atoms with Crippen LogP contribution in [0.25, 0.3) is 0 Å². The van der Waals surface area contributed by atoms with Crippen molar-refractivity contribution in [1.82, 2.24) is 0 Å². The normalized spacial score (nSPS) is 23.6. The second-order valence-corrected chi connectivity index (χ2v) is 4.24. The molecule has 4 heteroatoms. The molecule has 1 heterocycles. The lowest BCUT2D eigenvalue weighted by Crippen LogP contribution is -2.23. The topological polar surface area (TPSA) is 55.8 Å². The van der Waals surface area contributed by atoms with Gasteiger partial charge >= 0.3 is 5.97 Å². The van der Waals surface area contributed by atoms with Gasteiger partial charge in [0.05, 0.1) is 6.10 Å². The van der Waals surface area contributed by atoms with E-state index in [-0.39, 0.29) is 6.10 Å². The molecule has 1 aromatic rings. The van der Waals surface area contributed by atoms with E-state index in [1.165, 1.54) is 0 Å². The monoisotopic (exact) mass is 236 g/mol. The maximum Gasteiger partial charge on any atom is 0.332 e. The number of aliphatic carboxylic acids is 1. The molecule has 2 rings (SSSR count). The Morgan fingerprint density at radius 1 is 1.47 bits per heavy atom. The largest absolute Gasteiger partial charge is 0.491 e. The van der Waals surface area contributed by atoms with E-state index in [2.05, 4.69) is 0 Å². The van der Waals surface area contributed by atoms with Crippen LogP contribution in [-0.2, 0) is 9.53 Å². The smallest absolute Gasteiger partial charge is 0.332 e. The van der Waals surface area contributed by atoms with Crippen molar-refractivity contribution in [2.45, 2.75) is 32.0 Å². The summed E-state index contributed by atoms with van der Waals surface area (Å²) >= 11 is 0. The van der Waals surface area contributed by atoms with Gasteiger partial charge in [-0.15, -0.1) is 0 Å². The quantitative estimate of drug-likeness (QED) is 0.868. The van der Waals surface area contributed by atoms with Gasteiger partial charge in [0.15, 0.2) is 6.10 Å². The molecule has 0 aliphatic carbocycles. The maximum absolute atomic E-state index is 10.7. The van der Waals surface area contributed by atoms with Crippen molar-refractivity contribution in [3.8, 4) is 5.75 Å². The van der Waals surface area contributed by atoms with Gasteiger partial charge in [-0.25, -0.2) is 4.79 Å². The number of para-hydroxylation sites is 1.